The van der Waals surface area contributed by atoms with Gasteiger partial charge in [0.1, 0.15) is 5.75 Å². The van der Waals surface area contributed by atoms with E-state index in [4.69, 9.17) is 5.11 Å². The van der Waals surface area contributed by atoms with Crippen molar-refractivity contribution in [2.45, 2.75) is 0 Å². The molecule has 1 aromatic carbocycles. The number of esters is 1. The summed E-state index contributed by atoms with van der Waals surface area (Å²) in [7, 11) is 1.31. The number of urea groups is 1. The Morgan fingerprint density at radius 1 is 1.28 bits per heavy atom. The maximum absolute atomic E-state index is 10.8. The van der Waals surface area contributed by atoms with Crippen LogP contribution in [0, 0.1) is 0 Å². The standard InChI is InChI=1S/C8H8O3.C3H4N2O2/c1-11-8(10)6-2-4-7(9)5-3-6;6-2-1-4-3(7)5-2/h2-5,9H,1H3;1H2,(H2,4,5,6,7). The van der Waals surface area contributed by atoms with Crippen LogP contribution in [0.1, 0.15) is 10.4 Å². The lowest BCUT2D eigenvalue weighted by atomic mass is 10.2. The van der Waals surface area contributed by atoms with Crippen LogP contribution >= 0.6 is 0 Å². The first-order chi connectivity index (χ1) is 8.52. The smallest absolute Gasteiger partial charge is 0.337 e. The first kappa shape index (κ1) is 13.5. The molecule has 7 nitrogen and oxygen atoms in total. The van der Waals surface area contributed by atoms with Gasteiger partial charge in [-0.3, -0.25) is 10.1 Å². The Morgan fingerprint density at radius 2 is 1.89 bits per heavy atom. The number of amides is 3. The van der Waals surface area contributed by atoms with Crippen molar-refractivity contribution in [1.82, 2.24) is 10.6 Å². The normalized spacial score (nSPS) is 12.9. The summed E-state index contributed by atoms with van der Waals surface area (Å²) in [4.78, 5) is 30.9. The van der Waals surface area contributed by atoms with Crippen molar-refractivity contribution in [1.29, 1.82) is 0 Å². The molecule has 0 saturated carbocycles. The highest BCUT2D eigenvalue weighted by Gasteiger charge is 2.14. The van der Waals surface area contributed by atoms with Gasteiger partial charge in [-0.2, -0.15) is 0 Å². The maximum atomic E-state index is 10.8. The number of phenols is 1. The molecule has 0 aliphatic carbocycles. The Bertz CT molecular complexity index is 441. The summed E-state index contributed by atoms with van der Waals surface area (Å²) in [6.07, 6.45) is 0. The van der Waals surface area contributed by atoms with E-state index in [1.165, 1.54) is 31.4 Å². The molecule has 3 amide bonds. The molecule has 0 unspecified atom stereocenters. The number of rotatable bonds is 1. The number of hydrogen-bond acceptors (Lipinski definition) is 5. The summed E-state index contributed by atoms with van der Waals surface area (Å²) < 4.78 is 4.46. The highest BCUT2D eigenvalue weighted by molar-refractivity contribution is 6.01. The van der Waals surface area contributed by atoms with Crippen LogP contribution in [0.4, 0.5) is 4.79 Å². The van der Waals surface area contributed by atoms with Gasteiger partial charge in [0.15, 0.2) is 0 Å². The Labute approximate surface area is 103 Å². The van der Waals surface area contributed by atoms with Gasteiger partial charge in [-0.1, -0.05) is 0 Å². The monoisotopic (exact) mass is 252 g/mol. The van der Waals surface area contributed by atoms with E-state index in [1.807, 2.05) is 5.32 Å². The minimum atomic E-state index is -0.398. The number of nitrogens with one attached hydrogen (secondary N) is 2. The Kier molecular flexibility index (Phi) is 4.67. The molecular weight excluding hydrogens is 240 g/mol. The van der Waals surface area contributed by atoms with Crippen molar-refractivity contribution < 1.29 is 24.2 Å². The van der Waals surface area contributed by atoms with E-state index >= 15 is 0 Å². The van der Waals surface area contributed by atoms with Crippen molar-refractivity contribution in [2.75, 3.05) is 13.7 Å². The van der Waals surface area contributed by atoms with Gasteiger partial charge in [0.25, 0.3) is 0 Å². The molecule has 7 heteroatoms. The van der Waals surface area contributed by atoms with Crippen molar-refractivity contribution in [3.63, 3.8) is 0 Å². The lowest BCUT2D eigenvalue weighted by Gasteiger charge is -1.97. The molecule has 18 heavy (non-hydrogen) atoms. The molecule has 0 aromatic heterocycles. The van der Waals surface area contributed by atoms with E-state index < -0.39 is 12.0 Å². The lowest BCUT2D eigenvalue weighted by molar-refractivity contribution is -0.117. The average Bonchev–Trinajstić information content (AvgIpc) is 2.74. The molecule has 3 N–H and O–H groups in total. The predicted octanol–water partition coefficient (Wildman–Crippen LogP) is 0.00460. The quantitative estimate of drug-likeness (QED) is 0.482. The van der Waals surface area contributed by atoms with Crippen LogP contribution in [0.3, 0.4) is 0 Å². The molecule has 1 heterocycles. The third-order valence-corrected chi connectivity index (χ3v) is 1.95. The minimum absolute atomic E-state index is 0.124. The molecule has 0 atom stereocenters. The van der Waals surface area contributed by atoms with Gasteiger partial charge in [-0.25, -0.2) is 9.59 Å². The number of aromatic hydroxyl groups is 1. The number of hydrogen-bond donors (Lipinski definition) is 3. The average molecular weight is 252 g/mol. The van der Waals surface area contributed by atoms with E-state index in [0.717, 1.165) is 0 Å². The fourth-order valence-corrected chi connectivity index (χ4v) is 1.09. The van der Waals surface area contributed by atoms with Gasteiger partial charge >= 0.3 is 12.0 Å². The molecule has 96 valence electrons. The van der Waals surface area contributed by atoms with Crippen LogP contribution in [-0.4, -0.2) is 36.7 Å². The van der Waals surface area contributed by atoms with Crippen LogP contribution in [-0.2, 0) is 9.53 Å². The largest absolute Gasteiger partial charge is 0.508 e. The molecule has 1 aliphatic rings. The fourth-order valence-electron chi connectivity index (χ4n) is 1.09. The number of methoxy groups -OCH3 is 1. The van der Waals surface area contributed by atoms with E-state index in [2.05, 4.69) is 10.1 Å². The molecule has 1 aliphatic heterocycles. The molecule has 0 bridgehead atoms. The summed E-state index contributed by atoms with van der Waals surface area (Å²) in [5, 5.41) is 13.2. The molecule has 1 aromatic rings. The molecule has 1 saturated heterocycles. The SMILES string of the molecule is COC(=O)c1ccc(O)cc1.O=C1CNC(=O)N1. The van der Waals surface area contributed by atoms with Crippen LogP contribution in [0.5, 0.6) is 5.75 Å². The maximum Gasteiger partial charge on any atom is 0.337 e. The highest BCUT2D eigenvalue weighted by Crippen LogP contribution is 2.09. The van der Waals surface area contributed by atoms with Crippen LogP contribution in [0.25, 0.3) is 0 Å². The summed E-state index contributed by atoms with van der Waals surface area (Å²) in [5.41, 5.74) is 0.435. The second kappa shape index (κ2) is 6.24. The zero-order valence-corrected chi connectivity index (χ0v) is 9.60. The molecule has 0 spiro atoms. The summed E-state index contributed by atoms with van der Waals surface area (Å²) in [6, 6.07) is 5.48. The lowest BCUT2D eigenvalue weighted by Crippen LogP contribution is -2.22. The third kappa shape index (κ3) is 4.12. The predicted molar refractivity (Wildman–Crippen MR) is 61.0 cm³/mol. The molecule has 0 radical (unpaired) electrons. The zero-order chi connectivity index (χ0) is 13.5. The molecular formula is C11H12N2O5. The van der Waals surface area contributed by atoms with Crippen LogP contribution in [0.2, 0.25) is 0 Å². The highest BCUT2D eigenvalue weighted by atomic mass is 16.5. The van der Waals surface area contributed by atoms with Gasteiger partial charge in [0, 0.05) is 0 Å². The van der Waals surface area contributed by atoms with E-state index in [0.29, 0.717) is 5.56 Å². The number of carbonyl (C=O) groups is 3. The van der Waals surface area contributed by atoms with Gasteiger partial charge in [-0.05, 0) is 24.3 Å². The third-order valence-electron chi connectivity index (χ3n) is 1.95. The van der Waals surface area contributed by atoms with Crippen LogP contribution < -0.4 is 10.6 Å². The van der Waals surface area contributed by atoms with E-state index in [-0.39, 0.29) is 18.2 Å². The van der Waals surface area contributed by atoms with E-state index in [1.54, 1.807) is 0 Å². The summed E-state index contributed by atoms with van der Waals surface area (Å²) in [6.45, 7) is 0.124. The number of benzene rings is 1. The minimum Gasteiger partial charge on any atom is -0.508 e. The molecule has 1 fully saturated rings. The Balaban J connectivity index is 0.000000199. The summed E-state index contributed by atoms with van der Waals surface area (Å²) >= 11 is 0. The van der Waals surface area contributed by atoms with E-state index in [9.17, 15) is 14.4 Å². The zero-order valence-electron chi connectivity index (χ0n) is 9.60. The second-order valence-electron chi connectivity index (χ2n) is 3.27. The summed E-state index contributed by atoms with van der Waals surface area (Å²) in [5.74, 6) is -0.521. The number of imide groups is 1. The van der Waals surface area contributed by atoms with Crippen molar-refractivity contribution in [2.24, 2.45) is 0 Å². The van der Waals surface area contributed by atoms with Crippen molar-refractivity contribution in [3.05, 3.63) is 29.8 Å². The van der Waals surface area contributed by atoms with Gasteiger partial charge in [-0.15, -0.1) is 0 Å². The van der Waals surface area contributed by atoms with Gasteiger partial charge in [0.2, 0.25) is 5.91 Å². The fraction of sp³-hybridized carbons (Fsp3) is 0.182. The Hall–Kier alpha value is -2.57. The number of phenolic OH excluding ortho intramolecular Hbond substituents is 1. The van der Waals surface area contributed by atoms with Crippen molar-refractivity contribution in [3.8, 4) is 5.75 Å². The molecule has 2 rings (SSSR count). The van der Waals surface area contributed by atoms with Gasteiger partial charge < -0.3 is 15.2 Å². The first-order valence-corrected chi connectivity index (χ1v) is 4.98. The first-order valence-electron chi connectivity index (χ1n) is 4.98. The van der Waals surface area contributed by atoms with Crippen LogP contribution in [0.15, 0.2) is 24.3 Å². The topological polar surface area (TPSA) is 105 Å². The van der Waals surface area contributed by atoms with Gasteiger partial charge in [0.05, 0.1) is 19.2 Å². The second-order valence-corrected chi connectivity index (χ2v) is 3.27. The Morgan fingerprint density at radius 3 is 2.22 bits per heavy atom. The van der Waals surface area contributed by atoms with Crippen molar-refractivity contribution >= 4 is 17.9 Å². The number of ether oxygens (including phenoxy) is 1. The number of carbonyl (C=O) groups excluding carboxylic acids is 3.